The van der Waals surface area contributed by atoms with Gasteiger partial charge in [-0.1, -0.05) is 25.0 Å². The van der Waals surface area contributed by atoms with E-state index < -0.39 is 88.5 Å². The summed E-state index contributed by atoms with van der Waals surface area (Å²) in [6, 6.07) is 9.54. The Morgan fingerprint density at radius 2 is 1.80 bits per heavy atom. The van der Waals surface area contributed by atoms with Gasteiger partial charge in [0.2, 0.25) is 10.8 Å². The van der Waals surface area contributed by atoms with E-state index in [1.165, 1.54) is 35.5 Å². The summed E-state index contributed by atoms with van der Waals surface area (Å²) in [4.78, 5) is 19.1. The molecule has 0 spiro atoms. The first-order chi connectivity index (χ1) is 28.1. The fraction of sp³-hybridized carbons (Fsp3) is 0.325. The van der Waals surface area contributed by atoms with Gasteiger partial charge in [-0.15, -0.1) is 0 Å². The van der Waals surface area contributed by atoms with E-state index in [0.29, 0.717) is 37.7 Å². The highest BCUT2D eigenvalue weighted by molar-refractivity contribution is 7.92. The molecular weight excluding hydrogens is 820 g/mol. The zero-order valence-corrected chi connectivity index (χ0v) is 33.3. The van der Waals surface area contributed by atoms with Gasteiger partial charge in [0.05, 0.1) is 23.4 Å². The van der Waals surface area contributed by atoms with Gasteiger partial charge >= 0.3 is 6.18 Å². The number of aryl methyl sites for hydroxylation is 2. The summed E-state index contributed by atoms with van der Waals surface area (Å²) in [5.74, 6) is -2.56. The second-order valence-corrected chi connectivity index (χ2v) is 16.2. The van der Waals surface area contributed by atoms with E-state index in [1.54, 1.807) is 44.6 Å². The Bertz CT molecular complexity index is 2670. The first-order valence-corrected chi connectivity index (χ1v) is 19.4. The third-order valence-electron chi connectivity index (χ3n) is 9.75. The first-order valence-electron chi connectivity index (χ1n) is 18.3. The average Bonchev–Trinajstić information content (AvgIpc) is 3.89. The number of alkyl halides is 5. The predicted molar refractivity (Wildman–Crippen MR) is 205 cm³/mol. The van der Waals surface area contributed by atoms with Gasteiger partial charge in [0.15, 0.2) is 11.5 Å². The molecule has 1 aliphatic carbocycles. The van der Waals surface area contributed by atoms with Crippen molar-refractivity contribution in [3.8, 4) is 23.0 Å². The number of hydrogen-bond donors (Lipinski definition) is 3. The van der Waals surface area contributed by atoms with Gasteiger partial charge in [-0.2, -0.15) is 42.0 Å². The third-order valence-corrected chi connectivity index (χ3v) is 10.8. The van der Waals surface area contributed by atoms with Crippen molar-refractivity contribution < 1.29 is 45.2 Å². The summed E-state index contributed by atoms with van der Waals surface area (Å²) in [7, 11) is 3.30. The highest BCUT2D eigenvalue weighted by Gasteiger charge is 2.54. The third kappa shape index (κ3) is 8.55. The maximum absolute atomic E-state index is 15.4. The van der Waals surface area contributed by atoms with Crippen LogP contribution in [-0.2, 0) is 61.7 Å². The Labute approximate surface area is 341 Å². The number of carbonyl (C=O) groups is 1. The summed E-state index contributed by atoms with van der Waals surface area (Å²) in [5, 5.41) is 25.5. The average molecular weight is 856 g/mol. The van der Waals surface area contributed by atoms with Crippen LogP contribution in [0.2, 0.25) is 0 Å². The number of anilines is 1. The number of halogens is 7. The Morgan fingerprint density at radius 1 is 1.08 bits per heavy atom. The second-order valence-electron chi connectivity index (χ2n) is 15.0. The standard InChI is InChI=1S/C40H36F7N9O3S/c1-21-13-30-35(40(45,46)47)51-56(36(30)39(21,43)44)20-32(57)50-31(16-22-14-23(41)17-24(42)15-22)33-27(10-9-25(49-33)11-12-38(2,3)58)28-7-6-8-29-34(28)55(5)52-37(29)53-60(59)26-18-48-54(4)19-26/h6-10,14-15,17-19,21,31,58H,13,16,20H2,1-5H3,(H,50,57)(H,52,53)/t21-,31?,60?/m1/s1. The topological polar surface area (TPSA) is 151 Å². The van der Waals surface area contributed by atoms with Gasteiger partial charge in [-0.25, -0.2) is 13.8 Å². The van der Waals surface area contributed by atoms with Crippen molar-refractivity contribution in [3.63, 3.8) is 0 Å². The molecule has 2 unspecified atom stereocenters. The van der Waals surface area contributed by atoms with E-state index in [9.17, 15) is 36.4 Å². The molecule has 6 aromatic rings. The lowest BCUT2D eigenvalue weighted by molar-refractivity contribution is -0.142. The first kappa shape index (κ1) is 42.2. The molecule has 12 nitrogen and oxygen atoms in total. The number of hydrogen-bond acceptors (Lipinski definition) is 8. The number of para-hydroxylation sites is 1. The molecule has 0 saturated heterocycles. The summed E-state index contributed by atoms with van der Waals surface area (Å²) in [5.41, 5.74) is -3.32. The molecule has 7 rings (SSSR count). The predicted octanol–water partition coefficient (Wildman–Crippen LogP) is 6.50. The van der Waals surface area contributed by atoms with Crippen LogP contribution in [0.25, 0.3) is 22.0 Å². The fourth-order valence-electron chi connectivity index (χ4n) is 7.16. The molecule has 314 valence electrons. The monoisotopic (exact) mass is 855 g/mol. The van der Waals surface area contributed by atoms with Crippen LogP contribution in [0, 0.1) is 29.4 Å². The van der Waals surface area contributed by atoms with Crippen molar-refractivity contribution >= 4 is 34.0 Å². The normalized spacial score (nSPS) is 16.0. The molecule has 20 heteroatoms. The van der Waals surface area contributed by atoms with Gasteiger partial charge in [0.25, 0.3) is 5.92 Å². The maximum atomic E-state index is 15.4. The number of aliphatic hydroxyl groups is 1. The molecule has 1 amide bonds. The van der Waals surface area contributed by atoms with E-state index >= 15 is 8.78 Å². The summed E-state index contributed by atoms with van der Waals surface area (Å²) < 4.78 is 122. The largest absolute Gasteiger partial charge is 0.588 e. The van der Waals surface area contributed by atoms with Gasteiger partial charge in [0.1, 0.15) is 52.7 Å². The van der Waals surface area contributed by atoms with Crippen molar-refractivity contribution in [2.45, 2.75) is 68.8 Å². The molecule has 0 bridgehead atoms. The molecule has 60 heavy (non-hydrogen) atoms. The molecule has 1 aliphatic rings. The van der Waals surface area contributed by atoms with E-state index in [2.05, 4.69) is 37.2 Å². The number of fused-ring (bicyclic) bond motifs is 2. The van der Waals surface area contributed by atoms with E-state index in [4.69, 9.17) is 4.98 Å². The highest BCUT2D eigenvalue weighted by atomic mass is 32.2. The molecular formula is C40H36F7N9O3S. The molecule has 0 saturated carbocycles. The van der Waals surface area contributed by atoms with Gasteiger partial charge in [-0.05, 0) is 68.5 Å². The van der Waals surface area contributed by atoms with Crippen LogP contribution in [0.5, 0.6) is 0 Å². The molecule has 0 aliphatic heterocycles. The van der Waals surface area contributed by atoms with Crippen molar-refractivity contribution in [3.05, 3.63) is 106 Å². The lowest BCUT2D eigenvalue weighted by atomic mass is 9.93. The molecule has 3 atom stereocenters. The molecule has 0 radical (unpaired) electrons. The number of nitrogens with zero attached hydrogens (tertiary/aromatic N) is 7. The zero-order valence-electron chi connectivity index (χ0n) is 32.5. The number of rotatable bonds is 10. The number of benzene rings is 2. The maximum Gasteiger partial charge on any atom is 0.435 e. The number of pyridine rings is 1. The molecule has 3 N–H and O–H groups in total. The second kappa shape index (κ2) is 15.6. The minimum absolute atomic E-state index is 0.0290. The highest BCUT2D eigenvalue weighted by Crippen LogP contribution is 2.49. The van der Waals surface area contributed by atoms with Crippen LogP contribution < -0.4 is 10.0 Å². The molecule has 4 heterocycles. The SMILES string of the molecule is C[C@@H]1Cc2c(C(F)(F)F)nn(CC(=O)NC(Cc3cc(F)cc(F)c3)c3nc(C#CC(C)(C)O)ccc3-c3cccc4c(N[S+]([O-])c5cnn(C)c5)nn(C)c34)c2C1(F)F. The van der Waals surface area contributed by atoms with E-state index in [1.807, 2.05) is 0 Å². The van der Waals surface area contributed by atoms with E-state index in [-0.39, 0.29) is 29.2 Å². The lowest BCUT2D eigenvalue weighted by Gasteiger charge is -2.23. The van der Waals surface area contributed by atoms with Crippen molar-refractivity contribution in [2.24, 2.45) is 20.0 Å². The number of amides is 1. The molecule has 0 fully saturated rings. The quantitative estimate of drug-likeness (QED) is 0.0803. The number of aromatic nitrogens is 7. The van der Waals surface area contributed by atoms with Crippen LogP contribution in [0.4, 0.5) is 36.6 Å². The van der Waals surface area contributed by atoms with Gasteiger partial charge < -0.3 is 15.0 Å². The Kier molecular flexibility index (Phi) is 11.0. The van der Waals surface area contributed by atoms with Crippen LogP contribution in [0.3, 0.4) is 0 Å². The van der Waals surface area contributed by atoms with Gasteiger partial charge in [-0.3, -0.25) is 18.8 Å². The van der Waals surface area contributed by atoms with Crippen LogP contribution >= 0.6 is 0 Å². The van der Waals surface area contributed by atoms with Crippen LogP contribution in [0.15, 0.2) is 65.8 Å². The van der Waals surface area contributed by atoms with Crippen molar-refractivity contribution in [1.29, 1.82) is 0 Å². The number of nitrogens with one attached hydrogen (secondary N) is 2. The smallest absolute Gasteiger partial charge is 0.435 e. The van der Waals surface area contributed by atoms with Crippen molar-refractivity contribution in [2.75, 3.05) is 4.72 Å². The summed E-state index contributed by atoms with van der Waals surface area (Å²) >= 11 is -1.78. The molecule has 2 aromatic carbocycles. The van der Waals surface area contributed by atoms with Gasteiger partial charge in [0, 0.05) is 48.2 Å². The Morgan fingerprint density at radius 3 is 2.45 bits per heavy atom. The molecule has 4 aromatic heterocycles. The fourth-order valence-corrected chi connectivity index (χ4v) is 7.99. The Balaban J connectivity index is 1.36. The minimum Gasteiger partial charge on any atom is -0.588 e. The van der Waals surface area contributed by atoms with Crippen LogP contribution in [-0.4, -0.2) is 55.5 Å². The minimum atomic E-state index is -5.09. The lowest BCUT2D eigenvalue weighted by Crippen LogP contribution is -2.35. The summed E-state index contributed by atoms with van der Waals surface area (Å²) in [6.45, 7) is 2.89. The Hall–Kier alpha value is -5.91. The van der Waals surface area contributed by atoms with E-state index in [0.717, 1.165) is 19.1 Å². The zero-order chi connectivity index (χ0) is 43.5. The number of carbonyl (C=O) groups excluding carboxylic acids is 1. The van der Waals surface area contributed by atoms with Crippen LogP contribution in [0.1, 0.15) is 60.7 Å². The van der Waals surface area contributed by atoms with Crippen molar-refractivity contribution in [1.82, 2.24) is 39.6 Å². The summed E-state index contributed by atoms with van der Waals surface area (Å²) in [6.07, 6.45) is -3.07.